The predicted octanol–water partition coefficient (Wildman–Crippen LogP) is 3.71. The Bertz CT molecular complexity index is 628. The van der Waals surface area contributed by atoms with Gasteiger partial charge in [-0.25, -0.2) is 0 Å². The minimum Gasteiger partial charge on any atom is -0.362 e. The van der Waals surface area contributed by atoms with Crippen molar-refractivity contribution in [3.8, 4) is 0 Å². The molecule has 2 aromatic rings. The first-order valence-electron chi connectivity index (χ1n) is 7.60. The molecule has 1 N–H and O–H groups in total. The van der Waals surface area contributed by atoms with Gasteiger partial charge in [-0.1, -0.05) is 42.5 Å². The Kier molecular flexibility index (Phi) is 5.35. The highest BCUT2D eigenvalue weighted by Crippen LogP contribution is 2.19. The van der Waals surface area contributed by atoms with E-state index in [4.69, 9.17) is 12.2 Å². The Morgan fingerprint density at radius 1 is 1.05 bits per heavy atom. The van der Waals surface area contributed by atoms with E-state index in [0.29, 0.717) is 0 Å². The number of benzene rings is 2. The van der Waals surface area contributed by atoms with Crippen molar-refractivity contribution in [2.24, 2.45) is 0 Å². The number of rotatable bonds is 4. The third kappa shape index (κ3) is 4.02. The fourth-order valence-corrected chi connectivity index (χ4v) is 3.67. The number of nitrogens with zero attached hydrogens (tertiary/aromatic N) is 1. The van der Waals surface area contributed by atoms with Crippen LogP contribution >= 0.6 is 24.0 Å². The lowest BCUT2D eigenvalue weighted by Gasteiger charge is -2.31. The Labute approximate surface area is 141 Å². The number of hydrogen-bond donors (Lipinski definition) is 1. The van der Waals surface area contributed by atoms with E-state index in [0.717, 1.165) is 36.9 Å². The van der Waals surface area contributed by atoms with Crippen molar-refractivity contribution in [1.29, 1.82) is 0 Å². The van der Waals surface area contributed by atoms with E-state index >= 15 is 0 Å². The van der Waals surface area contributed by atoms with Crippen molar-refractivity contribution in [3.63, 3.8) is 0 Å². The molecule has 4 heteroatoms. The molecule has 0 radical (unpaired) electrons. The van der Waals surface area contributed by atoms with Crippen LogP contribution in [0.2, 0.25) is 0 Å². The quantitative estimate of drug-likeness (QED) is 0.522. The number of nitrogens with one attached hydrogen (secondary N) is 1. The highest BCUT2D eigenvalue weighted by Gasteiger charge is 2.17. The molecule has 1 aliphatic heterocycles. The lowest BCUT2D eigenvalue weighted by molar-refractivity contribution is 0.388. The number of fused-ring (bicyclic) bond motifs is 1. The third-order valence-corrected chi connectivity index (χ3v) is 5.22. The highest BCUT2D eigenvalue weighted by atomic mass is 32.2. The van der Waals surface area contributed by atoms with Crippen LogP contribution in [0.15, 0.2) is 59.5 Å². The van der Waals surface area contributed by atoms with E-state index in [2.05, 4.69) is 58.7 Å². The maximum atomic E-state index is 5.54. The van der Waals surface area contributed by atoms with Crippen molar-refractivity contribution in [2.75, 3.05) is 18.8 Å². The molecule has 0 aromatic heterocycles. The maximum absolute atomic E-state index is 5.54. The van der Waals surface area contributed by atoms with Gasteiger partial charge in [-0.2, -0.15) is 0 Å². The van der Waals surface area contributed by atoms with Crippen molar-refractivity contribution in [2.45, 2.75) is 17.9 Å². The average Bonchev–Trinajstić information content (AvgIpc) is 2.59. The number of thiocarbonyl (C=S) groups is 1. The van der Waals surface area contributed by atoms with Crippen LogP contribution in [-0.4, -0.2) is 28.9 Å². The largest absolute Gasteiger partial charge is 0.362 e. The summed E-state index contributed by atoms with van der Waals surface area (Å²) in [7, 11) is 0. The predicted molar refractivity (Wildman–Crippen MR) is 98.3 cm³/mol. The second-order valence-electron chi connectivity index (χ2n) is 5.33. The van der Waals surface area contributed by atoms with E-state index < -0.39 is 0 Å². The van der Waals surface area contributed by atoms with Crippen LogP contribution in [0.3, 0.4) is 0 Å². The molecule has 22 heavy (non-hydrogen) atoms. The topological polar surface area (TPSA) is 15.3 Å². The molecule has 0 spiro atoms. The molecule has 0 saturated carbocycles. The van der Waals surface area contributed by atoms with Gasteiger partial charge in [0.05, 0.1) is 0 Å². The van der Waals surface area contributed by atoms with E-state index in [1.807, 2.05) is 17.8 Å². The van der Waals surface area contributed by atoms with Crippen molar-refractivity contribution in [1.82, 2.24) is 10.2 Å². The molecule has 0 saturated heterocycles. The summed E-state index contributed by atoms with van der Waals surface area (Å²) in [5, 5.41) is 4.27. The second-order valence-corrected chi connectivity index (χ2v) is 6.89. The minimum atomic E-state index is 0.878. The van der Waals surface area contributed by atoms with Gasteiger partial charge in [0.25, 0.3) is 0 Å². The third-order valence-electron chi connectivity index (χ3n) is 3.81. The molecule has 0 fully saturated rings. The fraction of sp³-hybridized carbons (Fsp3) is 0.278. The Morgan fingerprint density at radius 3 is 2.59 bits per heavy atom. The van der Waals surface area contributed by atoms with Gasteiger partial charge in [-0.15, -0.1) is 11.8 Å². The molecule has 3 rings (SSSR count). The lowest BCUT2D eigenvalue weighted by atomic mass is 10.0. The molecule has 0 atom stereocenters. The summed E-state index contributed by atoms with van der Waals surface area (Å²) in [5.74, 6) is 1.02. The number of hydrogen-bond acceptors (Lipinski definition) is 2. The van der Waals surface area contributed by atoms with Gasteiger partial charge in [-0.3, -0.25) is 0 Å². The van der Waals surface area contributed by atoms with E-state index in [-0.39, 0.29) is 0 Å². The Morgan fingerprint density at radius 2 is 1.77 bits per heavy atom. The highest BCUT2D eigenvalue weighted by molar-refractivity contribution is 7.99. The molecule has 0 amide bonds. The minimum absolute atomic E-state index is 0.878. The van der Waals surface area contributed by atoms with E-state index in [1.54, 1.807) is 0 Å². The van der Waals surface area contributed by atoms with Gasteiger partial charge in [0, 0.05) is 30.3 Å². The van der Waals surface area contributed by atoms with Gasteiger partial charge in [0.1, 0.15) is 0 Å². The Balaban J connectivity index is 1.43. The first-order valence-corrected chi connectivity index (χ1v) is 9.00. The summed E-state index contributed by atoms with van der Waals surface area (Å²) in [5.41, 5.74) is 2.86. The van der Waals surface area contributed by atoms with Crippen molar-refractivity contribution < 1.29 is 0 Å². The average molecular weight is 329 g/mol. The lowest BCUT2D eigenvalue weighted by Crippen LogP contribution is -2.43. The summed E-state index contributed by atoms with van der Waals surface area (Å²) < 4.78 is 0. The normalized spacial score (nSPS) is 13.5. The molecule has 2 aromatic carbocycles. The van der Waals surface area contributed by atoms with Crippen molar-refractivity contribution in [3.05, 3.63) is 65.7 Å². The first-order chi connectivity index (χ1) is 10.8. The SMILES string of the molecule is S=C(NCCSc1ccccc1)N1CCc2ccccc2C1. The zero-order valence-electron chi connectivity index (χ0n) is 12.5. The van der Waals surface area contributed by atoms with E-state index in [9.17, 15) is 0 Å². The van der Waals surface area contributed by atoms with Gasteiger partial charge in [0.2, 0.25) is 0 Å². The molecule has 1 aliphatic rings. The first kappa shape index (κ1) is 15.4. The summed E-state index contributed by atoms with van der Waals surface area (Å²) in [4.78, 5) is 3.58. The van der Waals surface area contributed by atoms with Crippen LogP contribution in [0.5, 0.6) is 0 Å². The standard InChI is InChI=1S/C18H20N2S2/c21-18(19-11-13-22-17-8-2-1-3-9-17)20-12-10-15-6-4-5-7-16(15)14-20/h1-9H,10-14H2,(H,19,21). The molecular weight excluding hydrogens is 308 g/mol. The van der Waals surface area contributed by atoms with Gasteiger partial charge in [-0.05, 0) is 41.9 Å². The van der Waals surface area contributed by atoms with Crippen LogP contribution in [0.4, 0.5) is 0 Å². The van der Waals surface area contributed by atoms with Crippen LogP contribution in [0.25, 0.3) is 0 Å². The summed E-state index contributed by atoms with van der Waals surface area (Å²) in [6, 6.07) is 19.1. The van der Waals surface area contributed by atoms with Crippen LogP contribution in [-0.2, 0) is 13.0 Å². The molecule has 0 bridgehead atoms. The summed E-state index contributed by atoms with van der Waals surface area (Å²) in [6.07, 6.45) is 1.08. The molecule has 2 nitrogen and oxygen atoms in total. The van der Waals surface area contributed by atoms with Crippen LogP contribution in [0.1, 0.15) is 11.1 Å². The smallest absolute Gasteiger partial charge is 0.169 e. The van der Waals surface area contributed by atoms with E-state index in [1.165, 1.54) is 16.0 Å². The Hall–Kier alpha value is -1.52. The van der Waals surface area contributed by atoms with Gasteiger partial charge < -0.3 is 10.2 Å². The summed E-state index contributed by atoms with van der Waals surface area (Å²) in [6.45, 7) is 2.83. The zero-order valence-corrected chi connectivity index (χ0v) is 14.1. The maximum Gasteiger partial charge on any atom is 0.169 e. The summed E-state index contributed by atoms with van der Waals surface area (Å²) >= 11 is 7.40. The van der Waals surface area contributed by atoms with Crippen molar-refractivity contribution >= 4 is 29.1 Å². The van der Waals surface area contributed by atoms with Crippen LogP contribution < -0.4 is 5.32 Å². The second kappa shape index (κ2) is 7.65. The van der Waals surface area contributed by atoms with Gasteiger partial charge >= 0.3 is 0 Å². The van der Waals surface area contributed by atoms with Gasteiger partial charge in [0.15, 0.2) is 5.11 Å². The monoisotopic (exact) mass is 328 g/mol. The molecule has 0 unspecified atom stereocenters. The molecular formula is C18H20N2S2. The molecule has 1 heterocycles. The molecule has 0 aliphatic carbocycles. The number of thioether (sulfide) groups is 1. The molecule has 114 valence electrons. The fourth-order valence-electron chi connectivity index (χ4n) is 2.62. The zero-order chi connectivity index (χ0) is 15.2. The van der Waals surface area contributed by atoms with Crippen LogP contribution in [0, 0.1) is 0 Å².